The zero-order valence-electron chi connectivity index (χ0n) is 20.1. The Morgan fingerprint density at radius 2 is 1.73 bits per heavy atom. The molecule has 0 aliphatic rings. The largest absolute Gasteiger partial charge is 0.462 e. The molecule has 2 aromatic carbocycles. The van der Waals surface area contributed by atoms with Crippen LogP contribution in [0.25, 0.3) is 5.69 Å². The Morgan fingerprint density at radius 3 is 2.36 bits per heavy atom. The average molecular weight is 446 g/mol. The van der Waals surface area contributed by atoms with Gasteiger partial charge < -0.3 is 9.30 Å². The molecule has 33 heavy (non-hydrogen) atoms. The topological polar surface area (TPSA) is 72.7 Å². The molecule has 0 radical (unpaired) electrons. The van der Waals surface area contributed by atoms with Crippen molar-refractivity contribution in [2.75, 3.05) is 6.61 Å². The van der Waals surface area contributed by atoms with Gasteiger partial charge in [0.05, 0.1) is 18.4 Å². The van der Waals surface area contributed by atoms with Crippen LogP contribution in [0.5, 0.6) is 0 Å². The molecule has 1 amide bonds. The van der Waals surface area contributed by atoms with Crippen LogP contribution in [0.3, 0.4) is 0 Å². The van der Waals surface area contributed by atoms with Gasteiger partial charge in [-0.15, -0.1) is 0 Å². The summed E-state index contributed by atoms with van der Waals surface area (Å²) < 4.78 is 7.15. The Kier molecular flexibility index (Phi) is 7.16. The highest BCUT2D eigenvalue weighted by Gasteiger charge is 2.15. The zero-order chi connectivity index (χ0) is 24.2. The maximum atomic E-state index is 12.5. The number of esters is 1. The second-order valence-electron chi connectivity index (χ2n) is 8.96. The predicted octanol–water partition coefficient (Wildman–Crippen LogP) is 5.33. The van der Waals surface area contributed by atoms with Crippen molar-refractivity contribution in [3.8, 4) is 5.69 Å². The minimum absolute atomic E-state index is 0.0333. The van der Waals surface area contributed by atoms with Gasteiger partial charge in [0, 0.05) is 28.2 Å². The fourth-order valence-electron chi connectivity index (χ4n) is 3.65. The maximum Gasteiger partial charge on any atom is 0.338 e. The van der Waals surface area contributed by atoms with Gasteiger partial charge in [-0.25, -0.2) is 10.2 Å². The Balaban J connectivity index is 1.76. The molecule has 0 fully saturated rings. The van der Waals surface area contributed by atoms with Crippen LogP contribution >= 0.6 is 0 Å². The van der Waals surface area contributed by atoms with E-state index >= 15 is 0 Å². The molecule has 1 N–H and O–H groups in total. The number of rotatable bonds is 6. The molecule has 0 saturated heterocycles. The van der Waals surface area contributed by atoms with E-state index in [-0.39, 0.29) is 17.3 Å². The summed E-state index contributed by atoms with van der Waals surface area (Å²) in [5.74, 6) is -0.607. The van der Waals surface area contributed by atoms with Crippen molar-refractivity contribution < 1.29 is 14.3 Å². The Morgan fingerprint density at radius 1 is 1.03 bits per heavy atom. The van der Waals surface area contributed by atoms with E-state index in [9.17, 15) is 9.59 Å². The van der Waals surface area contributed by atoms with Gasteiger partial charge in [0.15, 0.2) is 0 Å². The normalized spacial score (nSPS) is 11.6. The number of hydrogen-bond donors (Lipinski definition) is 1. The fourth-order valence-corrected chi connectivity index (χ4v) is 3.65. The van der Waals surface area contributed by atoms with Crippen LogP contribution in [0.2, 0.25) is 0 Å². The van der Waals surface area contributed by atoms with Crippen LogP contribution < -0.4 is 5.43 Å². The number of nitrogens with zero attached hydrogens (tertiary/aromatic N) is 2. The summed E-state index contributed by atoms with van der Waals surface area (Å²) in [5.41, 5.74) is 8.52. The SMILES string of the molecule is CCOC(=O)c1cccc(-n2c(C)cc(/C=N\NC(=O)c3ccc(C(C)(C)C)cc3)c2C)c1. The van der Waals surface area contributed by atoms with E-state index < -0.39 is 0 Å². The second-order valence-corrected chi connectivity index (χ2v) is 8.96. The van der Waals surface area contributed by atoms with Crippen LogP contribution in [0, 0.1) is 13.8 Å². The molecule has 3 rings (SSSR count). The average Bonchev–Trinajstić information content (AvgIpc) is 3.06. The summed E-state index contributed by atoms with van der Waals surface area (Å²) in [6, 6.07) is 16.9. The van der Waals surface area contributed by atoms with Crippen molar-refractivity contribution in [1.29, 1.82) is 0 Å². The van der Waals surface area contributed by atoms with Gasteiger partial charge in [0.1, 0.15) is 0 Å². The van der Waals surface area contributed by atoms with Gasteiger partial charge in [-0.05, 0) is 68.1 Å². The molecule has 3 aromatic rings. The van der Waals surface area contributed by atoms with Gasteiger partial charge >= 0.3 is 5.97 Å². The summed E-state index contributed by atoms with van der Waals surface area (Å²) in [4.78, 5) is 24.6. The first-order valence-electron chi connectivity index (χ1n) is 11.0. The molecule has 6 nitrogen and oxygen atoms in total. The van der Waals surface area contributed by atoms with Crippen LogP contribution in [-0.2, 0) is 10.2 Å². The minimum Gasteiger partial charge on any atom is -0.462 e. The molecule has 0 bridgehead atoms. The standard InChI is InChI=1S/C27H31N3O3/c1-7-33-26(32)21-9-8-10-24(16-21)30-18(2)15-22(19(30)3)17-28-29-25(31)20-11-13-23(14-12-20)27(4,5)6/h8-17H,7H2,1-6H3,(H,29,31)/b28-17-. The van der Waals surface area contributed by atoms with Crippen molar-refractivity contribution >= 4 is 18.1 Å². The van der Waals surface area contributed by atoms with E-state index in [1.54, 1.807) is 19.2 Å². The quantitative estimate of drug-likeness (QED) is 0.317. The lowest BCUT2D eigenvalue weighted by Gasteiger charge is -2.18. The monoisotopic (exact) mass is 445 g/mol. The summed E-state index contributed by atoms with van der Waals surface area (Å²) in [6.07, 6.45) is 1.63. The highest BCUT2D eigenvalue weighted by atomic mass is 16.5. The van der Waals surface area contributed by atoms with Crippen molar-refractivity contribution in [3.63, 3.8) is 0 Å². The number of carbonyl (C=O) groups is 2. The Hall–Kier alpha value is -3.67. The van der Waals surface area contributed by atoms with E-state index in [4.69, 9.17) is 4.74 Å². The summed E-state index contributed by atoms with van der Waals surface area (Å²) in [7, 11) is 0. The molecule has 0 unspecified atom stereocenters. The number of hydrazone groups is 1. The number of carbonyl (C=O) groups excluding carboxylic acids is 2. The number of aromatic nitrogens is 1. The Bertz CT molecular complexity index is 1180. The molecule has 1 heterocycles. The number of nitrogens with one attached hydrogen (secondary N) is 1. The Labute approximate surface area is 195 Å². The van der Waals surface area contributed by atoms with Crippen LogP contribution in [0.4, 0.5) is 0 Å². The third kappa shape index (κ3) is 5.58. The molecule has 172 valence electrons. The molecule has 0 saturated carbocycles. The summed E-state index contributed by atoms with van der Waals surface area (Å²) in [5, 5.41) is 4.16. The van der Waals surface area contributed by atoms with Crippen molar-refractivity contribution in [3.05, 3.63) is 88.2 Å². The first kappa shape index (κ1) is 24.0. The molecular weight excluding hydrogens is 414 g/mol. The lowest BCUT2D eigenvalue weighted by Crippen LogP contribution is -2.18. The summed E-state index contributed by atoms with van der Waals surface area (Å²) in [6.45, 7) is 12.5. The number of ether oxygens (including phenoxy) is 1. The molecular formula is C27H31N3O3. The van der Waals surface area contributed by atoms with E-state index in [0.29, 0.717) is 17.7 Å². The first-order chi connectivity index (χ1) is 15.6. The smallest absolute Gasteiger partial charge is 0.338 e. The van der Waals surface area contributed by atoms with E-state index in [1.165, 1.54) is 5.56 Å². The fraction of sp³-hybridized carbons (Fsp3) is 0.296. The third-order valence-corrected chi connectivity index (χ3v) is 5.47. The predicted molar refractivity (Wildman–Crippen MR) is 131 cm³/mol. The van der Waals surface area contributed by atoms with Gasteiger partial charge in [0.25, 0.3) is 5.91 Å². The highest BCUT2D eigenvalue weighted by Crippen LogP contribution is 2.23. The number of benzene rings is 2. The van der Waals surface area contributed by atoms with Gasteiger partial charge in [-0.3, -0.25) is 4.79 Å². The lowest BCUT2D eigenvalue weighted by atomic mass is 9.87. The molecule has 0 spiro atoms. The lowest BCUT2D eigenvalue weighted by molar-refractivity contribution is 0.0526. The second kappa shape index (κ2) is 9.86. The highest BCUT2D eigenvalue weighted by molar-refractivity contribution is 5.95. The number of hydrogen-bond acceptors (Lipinski definition) is 4. The molecule has 0 aliphatic heterocycles. The van der Waals surface area contributed by atoms with Crippen LogP contribution in [0.15, 0.2) is 59.7 Å². The zero-order valence-corrected chi connectivity index (χ0v) is 20.1. The van der Waals surface area contributed by atoms with Crippen LogP contribution in [0.1, 0.15) is 70.9 Å². The number of aryl methyl sites for hydroxylation is 1. The molecule has 0 atom stereocenters. The van der Waals surface area contributed by atoms with Gasteiger partial charge in [-0.2, -0.15) is 5.10 Å². The van der Waals surface area contributed by atoms with Gasteiger partial charge in [0.2, 0.25) is 0 Å². The minimum atomic E-state index is -0.346. The van der Waals surface area contributed by atoms with E-state index in [2.05, 4.69) is 31.3 Å². The third-order valence-electron chi connectivity index (χ3n) is 5.47. The summed E-state index contributed by atoms with van der Waals surface area (Å²) >= 11 is 0. The first-order valence-corrected chi connectivity index (χ1v) is 11.0. The van der Waals surface area contributed by atoms with Crippen molar-refractivity contribution in [2.45, 2.75) is 47.0 Å². The molecule has 6 heteroatoms. The molecule has 0 aliphatic carbocycles. The maximum absolute atomic E-state index is 12.5. The van der Waals surface area contributed by atoms with Crippen LogP contribution in [-0.4, -0.2) is 29.3 Å². The number of amides is 1. The van der Waals surface area contributed by atoms with Gasteiger partial charge in [-0.1, -0.05) is 39.0 Å². The van der Waals surface area contributed by atoms with Crippen molar-refractivity contribution in [1.82, 2.24) is 9.99 Å². The van der Waals surface area contributed by atoms with E-state index in [0.717, 1.165) is 22.6 Å². The van der Waals surface area contributed by atoms with E-state index in [1.807, 2.05) is 66.9 Å². The molecule has 1 aromatic heterocycles. The van der Waals surface area contributed by atoms with Crippen molar-refractivity contribution in [2.24, 2.45) is 5.10 Å².